The zero-order valence-corrected chi connectivity index (χ0v) is 10.1. The first-order chi connectivity index (χ1) is 7.58. The molecule has 6 heteroatoms. The second-order valence-corrected chi connectivity index (χ2v) is 4.04. The zero-order valence-electron chi connectivity index (χ0n) is 8.49. The lowest BCUT2D eigenvalue weighted by Crippen LogP contribution is -2.00. The molecule has 0 atom stereocenters. The Balaban J connectivity index is 2.67. The van der Waals surface area contributed by atoms with Crippen molar-refractivity contribution in [2.75, 3.05) is 5.73 Å². The summed E-state index contributed by atoms with van der Waals surface area (Å²) in [5, 5.41) is 0.631. The van der Waals surface area contributed by atoms with Crippen molar-refractivity contribution in [2.45, 2.75) is 6.92 Å². The average Bonchev–Trinajstić information content (AvgIpc) is 2.20. The third-order valence-corrected chi connectivity index (χ3v) is 2.80. The summed E-state index contributed by atoms with van der Waals surface area (Å²) >= 11 is 11.1. The van der Waals surface area contributed by atoms with E-state index in [4.69, 9.17) is 29.6 Å². The van der Waals surface area contributed by atoms with Crippen molar-refractivity contribution in [3.05, 3.63) is 33.6 Å². The fourth-order valence-corrected chi connectivity index (χ4v) is 1.76. The van der Waals surface area contributed by atoms with Crippen molar-refractivity contribution in [3.63, 3.8) is 0 Å². The van der Waals surface area contributed by atoms with Gasteiger partial charge in [-0.25, -0.2) is 4.98 Å². The fraction of sp³-hybridized carbons (Fsp3) is 0.100. The number of nitrogens with zero attached hydrogens (tertiary/aromatic N) is 2. The maximum absolute atomic E-state index is 6.18. The smallest absolute Gasteiger partial charge is 0.224 e. The fourth-order valence-electron chi connectivity index (χ4n) is 1.36. The van der Waals surface area contributed by atoms with Gasteiger partial charge in [0.1, 0.15) is 5.82 Å². The van der Waals surface area contributed by atoms with Crippen LogP contribution in [0, 0.1) is 11.7 Å². The molecule has 2 aromatic rings. The number of anilines is 1. The van der Waals surface area contributed by atoms with Crippen molar-refractivity contribution in [2.24, 2.45) is 0 Å². The van der Waals surface area contributed by atoms with Crippen LogP contribution < -0.4 is 5.73 Å². The molecule has 16 heavy (non-hydrogen) atoms. The Morgan fingerprint density at radius 3 is 2.81 bits per heavy atom. The Morgan fingerprint density at radius 1 is 1.38 bits per heavy atom. The molecule has 0 radical (unpaired) electrons. The van der Waals surface area contributed by atoms with Gasteiger partial charge in [-0.3, -0.25) is 0 Å². The predicted octanol–water partition coefficient (Wildman–Crippen LogP) is 2.75. The molecule has 0 unspecified atom stereocenters. The maximum Gasteiger partial charge on any atom is 0.224 e. The molecule has 0 amide bonds. The quantitative estimate of drug-likeness (QED) is 0.766. The standard InChI is InChI=1S/C10H9ClN4S/c1-5-3-2-4-6(7(5)11)8-13-9(12)15-10(16)14-8/h2-4H,1H3,(H3,12,13,14,15,16). The number of rotatable bonds is 1. The highest BCUT2D eigenvalue weighted by molar-refractivity contribution is 7.71. The van der Waals surface area contributed by atoms with E-state index in [9.17, 15) is 0 Å². The van der Waals surface area contributed by atoms with Crippen molar-refractivity contribution < 1.29 is 0 Å². The second-order valence-electron chi connectivity index (χ2n) is 3.30. The molecule has 82 valence electrons. The topological polar surface area (TPSA) is 67.6 Å². The summed E-state index contributed by atoms with van der Waals surface area (Å²) in [5.74, 6) is 0.763. The molecule has 4 nitrogen and oxygen atoms in total. The summed E-state index contributed by atoms with van der Waals surface area (Å²) < 4.78 is 0.198. The summed E-state index contributed by atoms with van der Waals surface area (Å²) in [6.07, 6.45) is 0. The number of nitrogens with one attached hydrogen (secondary N) is 1. The number of hydrogen-bond acceptors (Lipinski definition) is 4. The summed E-state index contributed by atoms with van der Waals surface area (Å²) in [7, 11) is 0. The van der Waals surface area contributed by atoms with Crippen LogP contribution in [0.4, 0.5) is 5.95 Å². The first-order valence-corrected chi connectivity index (χ1v) is 5.36. The molecule has 1 heterocycles. The number of aryl methyl sites for hydroxylation is 1. The molecular formula is C10H9ClN4S. The van der Waals surface area contributed by atoms with Crippen LogP contribution in [0.1, 0.15) is 5.56 Å². The van der Waals surface area contributed by atoms with Gasteiger partial charge >= 0.3 is 0 Å². The third kappa shape index (κ3) is 2.05. The van der Waals surface area contributed by atoms with E-state index in [1.54, 1.807) is 0 Å². The second kappa shape index (κ2) is 4.19. The highest BCUT2D eigenvalue weighted by Gasteiger charge is 2.08. The first kappa shape index (κ1) is 11.0. The first-order valence-electron chi connectivity index (χ1n) is 4.57. The largest absolute Gasteiger partial charge is 0.369 e. The monoisotopic (exact) mass is 252 g/mol. The van der Waals surface area contributed by atoms with Crippen LogP contribution in [0.2, 0.25) is 5.02 Å². The van der Waals surface area contributed by atoms with Crippen molar-refractivity contribution >= 4 is 29.8 Å². The molecule has 1 aromatic heterocycles. The van der Waals surface area contributed by atoms with Gasteiger partial charge in [-0.2, -0.15) is 4.98 Å². The number of benzene rings is 1. The normalized spacial score (nSPS) is 10.4. The van der Waals surface area contributed by atoms with Crippen LogP contribution in [0.3, 0.4) is 0 Å². The molecule has 0 bridgehead atoms. The Hall–Kier alpha value is -1.46. The minimum absolute atomic E-state index is 0.198. The molecule has 0 aliphatic rings. The molecular weight excluding hydrogens is 244 g/mol. The maximum atomic E-state index is 6.18. The van der Waals surface area contributed by atoms with Crippen LogP contribution in [0.15, 0.2) is 18.2 Å². The van der Waals surface area contributed by atoms with Gasteiger partial charge in [0.05, 0.1) is 5.02 Å². The summed E-state index contributed by atoms with van der Waals surface area (Å²) in [6.45, 7) is 1.92. The summed E-state index contributed by atoms with van der Waals surface area (Å²) in [4.78, 5) is 10.7. The molecule has 0 aliphatic carbocycles. The zero-order chi connectivity index (χ0) is 11.7. The number of halogens is 1. The molecule has 0 spiro atoms. The van der Waals surface area contributed by atoms with Crippen LogP contribution in [-0.2, 0) is 0 Å². The molecule has 0 fully saturated rings. The lowest BCUT2D eigenvalue weighted by Gasteiger charge is -2.06. The molecule has 0 saturated heterocycles. The van der Waals surface area contributed by atoms with Gasteiger partial charge in [0.2, 0.25) is 10.7 Å². The van der Waals surface area contributed by atoms with E-state index in [2.05, 4.69) is 15.0 Å². The average molecular weight is 253 g/mol. The van der Waals surface area contributed by atoms with Gasteiger partial charge in [0, 0.05) is 5.56 Å². The summed E-state index contributed by atoms with van der Waals surface area (Å²) in [5.41, 5.74) is 7.30. The summed E-state index contributed by atoms with van der Waals surface area (Å²) in [6, 6.07) is 5.67. The number of aromatic nitrogens is 3. The van der Waals surface area contributed by atoms with Crippen LogP contribution >= 0.6 is 23.8 Å². The Bertz CT molecular complexity index is 594. The lowest BCUT2D eigenvalue weighted by molar-refractivity contribution is 1.05. The molecule has 0 saturated carbocycles. The van der Waals surface area contributed by atoms with Gasteiger partial charge in [0.25, 0.3) is 0 Å². The van der Waals surface area contributed by atoms with Gasteiger partial charge in [0.15, 0.2) is 0 Å². The SMILES string of the molecule is Cc1cccc(-c2nc(=S)nc(N)[nH]2)c1Cl. The molecule has 1 aromatic carbocycles. The van der Waals surface area contributed by atoms with Crippen LogP contribution in [0.5, 0.6) is 0 Å². The number of nitrogen functional groups attached to an aromatic ring is 1. The van der Waals surface area contributed by atoms with Crippen molar-refractivity contribution in [1.82, 2.24) is 15.0 Å². The van der Waals surface area contributed by atoms with Crippen molar-refractivity contribution in [3.8, 4) is 11.4 Å². The minimum atomic E-state index is 0.198. The van der Waals surface area contributed by atoms with Crippen LogP contribution in [-0.4, -0.2) is 15.0 Å². The predicted molar refractivity (Wildman–Crippen MR) is 66.8 cm³/mol. The van der Waals surface area contributed by atoms with Gasteiger partial charge in [-0.15, -0.1) is 0 Å². The highest BCUT2D eigenvalue weighted by atomic mass is 35.5. The molecule has 2 rings (SSSR count). The van der Waals surface area contributed by atoms with E-state index >= 15 is 0 Å². The number of H-pyrrole nitrogens is 1. The van der Waals surface area contributed by atoms with Gasteiger partial charge in [-0.1, -0.05) is 23.7 Å². The molecule has 3 N–H and O–H groups in total. The minimum Gasteiger partial charge on any atom is -0.369 e. The van der Waals surface area contributed by atoms with Crippen LogP contribution in [0.25, 0.3) is 11.4 Å². The van der Waals surface area contributed by atoms with E-state index in [0.29, 0.717) is 10.8 Å². The van der Waals surface area contributed by atoms with Crippen molar-refractivity contribution in [1.29, 1.82) is 0 Å². The van der Waals surface area contributed by atoms with E-state index < -0.39 is 0 Å². The van der Waals surface area contributed by atoms with Gasteiger partial charge < -0.3 is 10.7 Å². The number of hydrogen-bond donors (Lipinski definition) is 2. The Kier molecular flexibility index (Phi) is 2.89. The van der Waals surface area contributed by atoms with E-state index in [0.717, 1.165) is 11.1 Å². The van der Waals surface area contributed by atoms with E-state index in [1.807, 2.05) is 25.1 Å². The molecule has 0 aliphatic heterocycles. The third-order valence-electron chi connectivity index (χ3n) is 2.12. The lowest BCUT2D eigenvalue weighted by atomic mass is 10.1. The van der Waals surface area contributed by atoms with E-state index in [-0.39, 0.29) is 10.7 Å². The van der Waals surface area contributed by atoms with Gasteiger partial charge in [-0.05, 0) is 30.8 Å². The number of aromatic amines is 1. The Morgan fingerprint density at radius 2 is 2.12 bits per heavy atom. The van der Waals surface area contributed by atoms with E-state index in [1.165, 1.54) is 0 Å². The Labute approximate surface area is 103 Å². The highest BCUT2D eigenvalue weighted by Crippen LogP contribution is 2.27. The number of nitrogens with two attached hydrogens (primary N) is 1.